The molecule has 0 saturated heterocycles. The van der Waals surface area contributed by atoms with Crippen molar-refractivity contribution in [3.05, 3.63) is 28.8 Å². The molecule has 0 spiro atoms. The van der Waals surface area contributed by atoms with Crippen LogP contribution in [0.15, 0.2) is 18.2 Å². The van der Waals surface area contributed by atoms with Gasteiger partial charge in [-0.15, -0.1) is 0 Å². The van der Waals surface area contributed by atoms with Crippen molar-refractivity contribution in [2.45, 2.75) is 6.92 Å². The summed E-state index contributed by atoms with van der Waals surface area (Å²) in [4.78, 5) is 11.7. The summed E-state index contributed by atoms with van der Waals surface area (Å²) in [7, 11) is -3.09. The summed E-state index contributed by atoms with van der Waals surface area (Å²) < 4.78 is 22.5. The Bertz CT molecular complexity index is 543. The van der Waals surface area contributed by atoms with E-state index in [4.69, 9.17) is 17.3 Å². The molecule has 0 aliphatic rings. The molecule has 0 aromatic heterocycles. The number of benzene rings is 1. The van der Waals surface area contributed by atoms with Gasteiger partial charge < -0.3 is 11.1 Å². The van der Waals surface area contributed by atoms with Gasteiger partial charge in [-0.25, -0.2) is 8.42 Å². The van der Waals surface area contributed by atoms with Gasteiger partial charge in [0.05, 0.1) is 16.3 Å². The van der Waals surface area contributed by atoms with Gasteiger partial charge >= 0.3 is 0 Å². The second-order valence-corrected chi connectivity index (χ2v) is 6.61. The van der Waals surface area contributed by atoms with Gasteiger partial charge in [-0.05, 0) is 18.2 Å². The van der Waals surface area contributed by atoms with E-state index < -0.39 is 15.7 Å². The monoisotopic (exact) mass is 290 g/mol. The second kappa shape index (κ2) is 6.06. The van der Waals surface area contributed by atoms with Crippen LogP contribution in [0, 0.1) is 0 Å². The predicted molar refractivity (Wildman–Crippen MR) is 72.5 cm³/mol. The number of carbonyl (C=O) groups is 1. The van der Waals surface area contributed by atoms with Crippen molar-refractivity contribution in [3.8, 4) is 0 Å². The summed E-state index contributed by atoms with van der Waals surface area (Å²) in [5, 5.41) is 2.78. The minimum atomic E-state index is -3.09. The molecule has 5 nitrogen and oxygen atoms in total. The Morgan fingerprint density at radius 3 is 2.72 bits per heavy atom. The third kappa shape index (κ3) is 4.19. The van der Waals surface area contributed by atoms with Crippen molar-refractivity contribution in [2.24, 2.45) is 0 Å². The molecule has 0 bridgehead atoms. The predicted octanol–water partition coefficient (Wildman–Crippen LogP) is 1.09. The first-order valence-electron chi connectivity index (χ1n) is 5.39. The van der Waals surface area contributed by atoms with E-state index in [1.54, 1.807) is 13.0 Å². The molecule has 0 heterocycles. The fourth-order valence-electron chi connectivity index (χ4n) is 1.28. The van der Waals surface area contributed by atoms with Crippen LogP contribution in [-0.2, 0) is 9.84 Å². The molecular formula is C11H15ClN2O3S. The van der Waals surface area contributed by atoms with E-state index >= 15 is 0 Å². The van der Waals surface area contributed by atoms with E-state index in [-0.39, 0.29) is 28.6 Å². The summed E-state index contributed by atoms with van der Waals surface area (Å²) in [6.45, 7) is 1.62. The molecule has 7 heteroatoms. The SMILES string of the molecule is CCS(=O)(=O)CCNC(=O)c1cc(N)ccc1Cl. The van der Waals surface area contributed by atoms with E-state index in [0.717, 1.165) is 0 Å². The lowest BCUT2D eigenvalue weighted by Crippen LogP contribution is -2.29. The molecule has 1 aromatic rings. The first-order chi connectivity index (χ1) is 8.35. The Kier molecular flexibility index (Phi) is 4.98. The lowest BCUT2D eigenvalue weighted by Gasteiger charge is -2.07. The lowest BCUT2D eigenvalue weighted by atomic mass is 10.2. The summed E-state index contributed by atoms with van der Waals surface area (Å²) in [5.41, 5.74) is 6.21. The van der Waals surface area contributed by atoms with E-state index in [1.165, 1.54) is 12.1 Å². The van der Waals surface area contributed by atoms with Crippen LogP contribution in [0.4, 0.5) is 5.69 Å². The van der Waals surface area contributed by atoms with Crippen LogP contribution in [0.5, 0.6) is 0 Å². The Morgan fingerprint density at radius 1 is 1.44 bits per heavy atom. The maximum Gasteiger partial charge on any atom is 0.252 e. The molecule has 0 aliphatic carbocycles. The molecule has 0 saturated carbocycles. The van der Waals surface area contributed by atoms with Crippen LogP contribution in [-0.4, -0.2) is 32.4 Å². The van der Waals surface area contributed by atoms with Gasteiger partial charge in [0, 0.05) is 18.0 Å². The maximum absolute atomic E-state index is 11.7. The number of anilines is 1. The number of hydrogen-bond donors (Lipinski definition) is 2. The summed E-state index contributed by atoms with van der Waals surface area (Å²) in [6, 6.07) is 4.56. The fraction of sp³-hybridized carbons (Fsp3) is 0.364. The number of carbonyl (C=O) groups excluding carboxylic acids is 1. The first-order valence-corrected chi connectivity index (χ1v) is 7.59. The fourth-order valence-corrected chi connectivity index (χ4v) is 2.18. The summed E-state index contributed by atoms with van der Waals surface area (Å²) >= 11 is 5.85. The summed E-state index contributed by atoms with van der Waals surface area (Å²) in [5.74, 6) is -0.463. The van der Waals surface area contributed by atoms with E-state index in [2.05, 4.69) is 5.32 Å². The van der Waals surface area contributed by atoms with Crippen molar-refractivity contribution in [3.63, 3.8) is 0 Å². The highest BCUT2D eigenvalue weighted by Crippen LogP contribution is 2.18. The zero-order valence-corrected chi connectivity index (χ0v) is 11.5. The molecule has 0 unspecified atom stereocenters. The number of sulfone groups is 1. The zero-order chi connectivity index (χ0) is 13.8. The minimum absolute atomic E-state index is 0.0557. The smallest absolute Gasteiger partial charge is 0.252 e. The Labute approximate surface area is 111 Å². The van der Waals surface area contributed by atoms with Crippen LogP contribution in [0.25, 0.3) is 0 Å². The molecule has 0 fully saturated rings. The first kappa shape index (κ1) is 14.8. The van der Waals surface area contributed by atoms with Gasteiger partial charge in [0.2, 0.25) is 0 Å². The third-order valence-electron chi connectivity index (χ3n) is 2.37. The van der Waals surface area contributed by atoms with Gasteiger partial charge in [-0.3, -0.25) is 4.79 Å². The molecule has 1 aromatic carbocycles. The Morgan fingerprint density at radius 2 is 2.11 bits per heavy atom. The van der Waals surface area contributed by atoms with Crippen LogP contribution in [0.2, 0.25) is 5.02 Å². The molecule has 0 radical (unpaired) electrons. The standard InChI is InChI=1S/C11H15ClN2O3S/c1-2-18(16,17)6-5-14-11(15)9-7-8(13)3-4-10(9)12/h3-4,7H,2,5-6,13H2,1H3,(H,14,15). The van der Waals surface area contributed by atoms with E-state index in [9.17, 15) is 13.2 Å². The molecule has 0 aliphatic heterocycles. The van der Waals surface area contributed by atoms with Crippen LogP contribution in [0.1, 0.15) is 17.3 Å². The molecule has 3 N–H and O–H groups in total. The largest absolute Gasteiger partial charge is 0.399 e. The highest BCUT2D eigenvalue weighted by molar-refractivity contribution is 7.91. The molecular weight excluding hydrogens is 276 g/mol. The number of nitrogens with two attached hydrogens (primary N) is 1. The normalized spacial score (nSPS) is 11.2. The van der Waals surface area contributed by atoms with E-state index in [1.807, 2.05) is 0 Å². The zero-order valence-electron chi connectivity index (χ0n) is 9.94. The van der Waals surface area contributed by atoms with Gasteiger partial charge in [-0.1, -0.05) is 18.5 Å². The topological polar surface area (TPSA) is 89.3 Å². The highest BCUT2D eigenvalue weighted by atomic mass is 35.5. The summed E-state index contributed by atoms with van der Waals surface area (Å²) in [6.07, 6.45) is 0. The number of rotatable bonds is 5. The Balaban J connectivity index is 2.64. The van der Waals surface area contributed by atoms with Crippen LogP contribution in [0.3, 0.4) is 0 Å². The molecule has 0 atom stereocenters. The highest BCUT2D eigenvalue weighted by Gasteiger charge is 2.12. The van der Waals surface area contributed by atoms with Gasteiger partial charge in [0.1, 0.15) is 0 Å². The third-order valence-corrected chi connectivity index (χ3v) is 4.41. The molecule has 1 rings (SSSR count). The number of halogens is 1. The lowest BCUT2D eigenvalue weighted by molar-refractivity contribution is 0.0956. The average molecular weight is 291 g/mol. The van der Waals surface area contributed by atoms with Crippen LogP contribution < -0.4 is 11.1 Å². The number of nitrogen functional groups attached to an aromatic ring is 1. The average Bonchev–Trinajstić information content (AvgIpc) is 2.32. The van der Waals surface area contributed by atoms with Crippen molar-refractivity contribution in [2.75, 3.05) is 23.8 Å². The second-order valence-electron chi connectivity index (χ2n) is 3.73. The molecule has 18 heavy (non-hydrogen) atoms. The maximum atomic E-state index is 11.7. The van der Waals surface area contributed by atoms with E-state index in [0.29, 0.717) is 5.69 Å². The molecule has 100 valence electrons. The number of amides is 1. The van der Waals surface area contributed by atoms with Crippen LogP contribution >= 0.6 is 11.6 Å². The van der Waals surface area contributed by atoms with Crippen molar-refractivity contribution < 1.29 is 13.2 Å². The minimum Gasteiger partial charge on any atom is -0.399 e. The van der Waals surface area contributed by atoms with Crippen molar-refractivity contribution in [1.29, 1.82) is 0 Å². The number of nitrogens with one attached hydrogen (secondary N) is 1. The Hall–Kier alpha value is -1.27. The van der Waals surface area contributed by atoms with Gasteiger partial charge in [0.25, 0.3) is 5.91 Å². The van der Waals surface area contributed by atoms with Gasteiger partial charge in [0.15, 0.2) is 9.84 Å². The quantitative estimate of drug-likeness (QED) is 0.794. The van der Waals surface area contributed by atoms with Crippen molar-refractivity contribution in [1.82, 2.24) is 5.32 Å². The van der Waals surface area contributed by atoms with Gasteiger partial charge in [-0.2, -0.15) is 0 Å². The number of hydrogen-bond acceptors (Lipinski definition) is 4. The molecule has 1 amide bonds. The van der Waals surface area contributed by atoms with Crippen molar-refractivity contribution >= 4 is 33.0 Å².